The molecule has 6 nitrogen and oxygen atoms in total. The lowest BCUT2D eigenvalue weighted by atomic mass is 10.3. The Morgan fingerprint density at radius 2 is 2.27 bits per heavy atom. The summed E-state index contributed by atoms with van der Waals surface area (Å²) in [5.41, 5.74) is 0. The molecule has 1 fully saturated rings. The van der Waals surface area contributed by atoms with Crippen molar-refractivity contribution in [2.24, 2.45) is 0 Å². The molecule has 0 bridgehead atoms. The number of para-hydroxylation sites is 1. The van der Waals surface area contributed by atoms with E-state index in [1.807, 2.05) is 11.5 Å². The number of nitrogens with zero attached hydrogens (tertiary/aromatic N) is 3. The fourth-order valence-corrected chi connectivity index (χ4v) is 3.17. The summed E-state index contributed by atoms with van der Waals surface area (Å²) < 4.78 is 21.0. The van der Waals surface area contributed by atoms with Crippen molar-refractivity contribution in [3.63, 3.8) is 0 Å². The lowest BCUT2D eigenvalue weighted by Crippen LogP contribution is -2.32. The highest BCUT2D eigenvalue weighted by Crippen LogP contribution is 2.25. The second-order valence-electron chi connectivity index (χ2n) is 6.06. The zero-order valence-electron chi connectivity index (χ0n) is 14.5. The van der Waals surface area contributed by atoms with Gasteiger partial charge in [-0.1, -0.05) is 30.0 Å². The lowest BCUT2D eigenvalue weighted by Gasteiger charge is -2.13. The van der Waals surface area contributed by atoms with Gasteiger partial charge in [0.15, 0.2) is 22.5 Å². The highest BCUT2D eigenvalue weighted by atomic mass is 32.2. The number of nitrogens with one attached hydrogen (secondary N) is 1. The van der Waals surface area contributed by atoms with Gasteiger partial charge in [0, 0.05) is 12.6 Å². The van der Waals surface area contributed by atoms with Gasteiger partial charge in [-0.05, 0) is 31.9 Å². The first kappa shape index (κ1) is 18.4. The molecule has 1 aromatic heterocycles. The second-order valence-corrected chi connectivity index (χ2v) is 7.37. The highest BCUT2D eigenvalue weighted by Gasteiger charge is 2.27. The van der Waals surface area contributed by atoms with Gasteiger partial charge in [0.05, 0.1) is 5.25 Å². The van der Waals surface area contributed by atoms with Crippen molar-refractivity contribution < 1.29 is 13.9 Å². The fourth-order valence-electron chi connectivity index (χ4n) is 2.29. The second kappa shape index (κ2) is 8.35. The first-order valence-electron chi connectivity index (χ1n) is 8.45. The van der Waals surface area contributed by atoms with Crippen LogP contribution in [0.2, 0.25) is 0 Å². The third-order valence-corrected chi connectivity index (χ3v) is 4.95. The Morgan fingerprint density at radius 1 is 1.50 bits per heavy atom. The Kier molecular flexibility index (Phi) is 5.92. The first-order chi connectivity index (χ1) is 12.6. The van der Waals surface area contributed by atoms with Crippen LogP contribution in [0.5, 0.6) is 5.75 Å². The van der Waals surface area contributed by atoms with Crippen LogP contribution >= 0.6 is 11.8 Å². The minimum atomic E-state index is -0.428. The average Bonchev–Trinajstić information content (AvgIpc) is 3.37. The monoisotopic (exact) mass is 376 g/mol. The number of allylic oxidation sites excluding steroid dienone is 1. The van der Waals surface area contributed by atoms with Gasteiger partial charge in [-0.3, -0.25) is 9.36 Å². The van der Waals surface area contributed by atoms with Crippen molar-refractivity contribution in [2.45, 2.75) is 49.4 Å². The molecular weight excluding hydrogens is 355 g/mol. The molecular formula is C18H21FN4O2S. The van der Waals surface area contributed by atoms with E-state index in [1.165, 1.54) is 17.8 Å². The molecule has 0 aliphatic heterocycles. The summed E-state index contributed by atoms with van der Waals surface area (Å²) in [6.07, 6.45) is 3.82. The van der Waals surface area contributed by atoms with Gasteiger partial charge in [0.25, 0.3) is 0 Å². The van der Waals surface area contributed by atoms with Crippen LogP contribution in [-0.2, 0) is 17.9 Å². The number of hydrogen-bond donors (Lipinski definition) is 1. The summed E-state index contributed by atoms with van der Waals surface area (Å²) in [5.74, 6) is 0.273. The maximum Gasteiger partial charge on any atom is 0.233 e. The molecule has 1 N–H and O–H groups in total. The molecule has 0 spiro atoms. The Hall–Kier alpha value is -2.35. The van der Waals surface area contributed by atoms with Crippen LogP contribution < -0.4 is 10.1 Å². The molecule has 1 aliphatic rings. The fraction of sp³-hybridized carbons (Fsp3) is 0.389. The summed E-state index contributed by atoms with van der Waals surface area (Å²) >= 11 is 1.33. The minimum absolute atomic E-state index is 0.00481. The van der Waals surface area contributed by atoms with Gasteiger partial charge < -0.3 is 10.1 Å². The van der Waals surface area contributed by atoms with Crippen molar-refractivity contribution in [1.82, 2.24) is 20.1 Å². The minimum Gasteiger partial charge on any atom is -0.483 e. The number of thioether (sulfide) groups is 1. The van der Waals surface area contributed by atoms with Gasteiger partial charge in [-0.2, -0.15) is 0 Å². The summed E-state index contributed by atoms with van der Waals surface area (Å²) in [6.45, 7) is 6.13. The molecule has 2 aromatic rings. The predicted molar refractivity (Wildman–Crippen MR) is 97.4 cm³/mol. The predicted octanol–water partition coefficient (Wildman–Crippen LogP) is 2.94. The summed E-state index contributed by atoms with van der Waals surface area (Å²) in [5, 5.41) is 11.6. The zero-order chi connectivity index (χ0) is 18.5. The number of hydrogen-bond acceptors (Lipinski definition) is 5. The Morgan fingerprint density at radius 3 is 2.96 bits per heavy atom. The van der Waals surface area contributed by atoms with Gasteiger partial charge in [0.2, 0.25) is 5.91 Å². The molecule has 1 atom stereocenters. The van der Waals surface area contributed by atoms with Crippen LogP contribution in [0.1, 0.15) is 25.6 Å². The summed E-state index contributed by atoms with van der Waals surface area (Å²) in [7, 11) is 0. The molecule has 1 amide bonds. The van der Waals surface area contributed by atoms with E-state index in [-0.39, 0.29) is 23.5 Å². The highest BCUT2D eigenvalue weighted by molar-refractivity contribution is 8.00. The van der Waals surface area contributed by atoms with Crippen LogP contribution in [-0.4, -0.2) is 32.0 Å². The molecule has 3 rings (SSSR count). The molecule has 1 aromatic carbocycles. The lowest BCUT2D eigenvalue weighted by molar-refractivity contribution is -0.120. The van der Waals surface area contributed by atoms with Gasteiger partial charge in [0.1, 0.15) is 6.61 Å². The van der Waals surface area contributed by atoms with E-state index in [2.05, 4.69) is 22.1 Å². The van der Waals surface area contributed by atoms with Crippen LogP contribution in [0, 0.1) is 5.82 Å². The molecule has 1 unspecified atom stereocenters. The average molecular weight is 376 g/mol. The van der Waals surface area contributed by atoms with Crippen LogP contribution in [0.25, 0.3) is 0 Å². The van der Waals surface area contributed by atoms with E-state index in [0.717, 1.165) is 12.8 Å². The maximum absolute atomic E-state index is 13.7. The largest absolute Gasteiger partial charge is 0.483 e. The van der Waals surface area contributed by atoms with E-state index in [4.69, 9.17) is 4.74 Å². The van der Waals surface area contributed by atoms with E-state index in [9.17, 15) is 9.18 Å². The van der Waals surface area contributed by atoms with Crippen LogP contribution in [0.4, 0.5) is 4.39 Å². The Labute approximate surface area is 155 Å². The third kappa shape index (κ3) is 4.63. The third-order valence-electron chi connectivity index (χ3n) is 3.87. The maximum atomic E-state index is 13.7. The van der Waals surface area contributed by atoms with Crippen molar-refractivity contribution in [2.75, 3.05) is 0 Å². The molecule has 0 radical (unpaired) electrons. The quantitative estimate of drug-likeness (QED) is 0.538. The Bertz CT molecular complexity index is 791. The molecule has 1 heterocycles. The molecule has 1 aliphatic carbocycles. The summed E-state index contributed by atoms with van der Waals surface area (Å²) in [6, 6.07) is 6.52. The van der Waals surface area contributed by atoms with Crippen LogP contribution in [0.3, 0.4) is 0 Å². The first-order valence-corrected chi connectivity index (χ1v) is 9.33. The number of amides is 1. The molecule has 1 saturated carbocycles. The molecule has 138 valence electrons. The number of ether oxygens (including phenoxy) is 1. The van der Waals surface area contributed by atoms with Gasteiger partial charge in [-0.15, -0.1) is 16.8 Å². The topological polar surface area (TPSA) is 69.0 Å². The number of halogens is 1. The number of carbonyl (C=O) groups excluding carboxylic acids is 1. The molecule has 0 saturated heterocycles. The number of aromatic nitrogens is 3. The normalized spacial score (nSPS) is 14.7. The van der Waals surface area contributed by atoms with Crippen molar-refractivity contribution >= 4 is 17.7 Å². The van der Waals surface area contributed by atoms with E-state index in [0.29, 0.717) is 23.6 Å². The SMILES string of the molecule is C=CCn1c(COc2ccccc2F)nnc1SC(C)C(=O)NC1CC1. The Balaban J connectivity index is 1.67. The van der Waals surface area contributed by atoms with Gasteiger partial charge >= 0.3 is 0 Å². The van der Waals surface area contributed by atoms with Gasteiger partial charge in [-0.25, -0.2) is 4.39 Å². The smallest absolute Gasteiger partial charge is 0.233 e. The van der Waals surface area contributed by atoms with Crippen molar-refractivity contribution in [3.8, 4) is 5.75 Å². The van der Waals surface area contributed by atoms with E-state index < -0.39 is 5.82 Å². The number of rotatable bonds is 9. The van der Waals surface area contributed by atoms with Crippen molar-refractivity contribution in [1.29, 1.82) is 0 Å². The summed E-state index contributed by atoms with van der Waals surface area (Å²) in [4.78, 5) is 12.1. The molecule has 26 heavy (non-hydrogen) atoms. The van der Waals surface area contributed by atoms with Crippen LogP contribution in [0.15, 0.2) is 42.1 Å². The van der Waals surface area contributed by atoms with Crippen molar-refractivity contribution in [3.05, 3.63) is 48.6 Å². The number of carbonyl (C=O) groups is 1. The zero-order valence-corrected chi connectivity index (χ0v) is 15.3. The standard InChI is InChI=1S/C18H21FN4O2S/c1-3-10-23-16(11-25-15-7-5-4-6-14(15)19)21-22-18(23)26-12(2)17(24)20-13-8-9-13/h3-7,12-13H,1,8-11H2,2H3,(H,20,24). The number of benzene rings is 1. The molecule has 8 heteroatoms. The van der Waals surface area contributed by atoms with E-state index in [1.54, 1.807) is 24.3 Å². The van der Waals surface area contributed by atoms with E-state index >= 15 is 0 Å².